The molecule has 9 heavy (non-hydrogen) atoms. The van der Waals surface area contributed by atoms with Crippen LogP contribution in [0.15, 0.2) is 24.5 Å². The van der Waals surface area contributed by atoms with Crippen LogP contribution in [0.3, 0.4) is 0 Å². The van der Waals surface area contributed by atoms with Crippen molar-refractivity contribution in [3.63, 3.8) is 0 Å². The Morgan fingerprint density at radius 2 is 2.00 bits per heavy atom. The van der Waals surface area contributed by atoms with E-state index in [9.17, 15) is 0 Å². The number of hydrogen-bond acceptors (Lipinski definition) is 2. The van der Waals surface area contributed by atoms with E-state index in [0.29, 0.717) is 0 Å². The van der Waals surface area contributed by atoms with Gasteiger partial charge >= 0.3 is 0 Å². The van der Waals surface area contributed by atoms with Crippen molar-refractivity contribution in [1.82, 2.24) is 3.97 Å². The minimum absolute atomic E-state index is 0.933. The summed E-state index contributed by atoms with van der Waals surface area (Å²) < 4.78 is 2.08. The van der Waals surface area contributed by atoms with E-state index < -0.39 is 0 Å². The summed E-state index contributed by atoms with van der Waals surface area (Å²) in [4.78, 5) is 0. The molecule has 3 heteroatoms. The van der Waals surface area contributed by atoms with Gasteiger partial charge in [0.2, 0.25) is 0 Å². The highest BCUT2D eigenvalue weighted by molar-refractivity contribution is 7.98. The normalized spacial score (nSPS) is 9.89. The van der Waals surface area contributed by atoms with Crippen LogP contribution in [0.25, 0.3) is 0 Å². The first-order chi connectivity index (χ1) is 4.43. The standard InChI is InChI=1S/C6H9NS2/c8-5-6-9-7-3-1-2-4-7/h1-4,8H,5-6H2. The second kappa shape index (κ2) is 3.90. The molecular weight excluding hydrogens is 150 g/mol. The number of hydrogen-bond donors (Lipinski definition) is 1. The molecule has 0 radical (unpaired) electrons. The van der Waals surface area contributed by atoms with Gasteiger partial charge in [-0.2, -0.15) is 12.6 Å². The molecule has 0 spiro atoms. The Bertz CT molecular complexity index is 148. The molecule has 1 nitrogen and oxygen atoms in total. The van der Waals surface area contributed by atoms with Gasteiger partial charge in [-0.05, 0) is 24.1 Å². The Labute approximate surface area is 65.0 Å². The average Bonchev–Trinajstić information content (AvgIpc) is 2.34. The van der Waals surface area contributed by atoms with Crippen LogP contribution in [0.2, 0.25) is 0 Å². The van der Waals surface area contributed by atoms with Crippen LogP contribution < -0.4 is 0 Å². The van der Waals surface area contributed by atoms with Gasteiger partial charge in [0.25, 0.3) is 0 Å². The highest BCUT2D eigenvalue weighted by Gasteiger charge is 1.85. The fraction of sp³-hybridized carbons (Fsp3) is 0.333. The van der Waals surface area contributed by atoms with E-state index in [0.717, 1.165) is 11.5 Å². The van der Waals surface area contributed by atoms with Gasteiger partial charge in [0.15, 0.2) is 0 Å². The summed E-state index contributed by atoms with van der Waals surface area (Å²) in [6.07, 6.45) is 4.07. The molecule has 1 rings (SSSR count). The minimum atomic E-state index is 0.933. The lowest BCUT2D eigenvalue weighted by Crippen LogP contribution is -1.85. The first kappa shape index (κ1) is 7.09. The molecule has 0 saturated heterocycles. The van der Waals surface area contributed by atoms with E-state index in [1.54, 1.807) is 11.9 Å². The van der Waals surface area contributed by atoms with Crippen molar-refractivity contribution in [3.8, 4) is 0 Å². The van der Waals surface area contributed by atoms with Crippen LogP contribution in [-0.4, -0.2) is 15.5 Å². The van der Waals surface area contributed by atoms with E-state index in [4.69, 9.17) is 0 Å². The van der Waals surface area contributed by atoms with Crippen molar-refractivity contribution < 1.29 is 0 Å². The molecule has 0 saturated carbocycles. The second-order valence-corrected chi connectivity index (χ2v) is 3.14. The SMILES string of the molecule is SCCSn1cccc1. The third-order valence-corrected chi connectivity index (χ3v) is 2.36. The molecule has 0 aromatic carbocycles. The monoisotopic (exact) mass is 159 g/mol. The predicted octanol–water partition coefficient (Wildman–Crippen LogP) is 1.91. The lowest BCUT2D eigenvalue weighted by Gasteiger charge is -1.96. The Kier molecular flexibility index (Phi) is 3.08. The van der Waals surface area contributed by atoms with Crippen LogP contribution in [0.5, 0.6) is 0 Å². The molecule has 0 aliphatic heterocycles. The lowest BCUT2D eigenvalue weighted by atomic mass is 10.7. The van der Waals surface area contributed by atoms with Gasteiger partial charge in [-0.1, -0.05) is 0 Å². The zero-order chi connectivity index (χ0) is 6.53. The van der Waals surface area contributed by atoms with Gasteiger partial charge in [0.1, 0.15) is 0 Å². The first-order valence-corrected chi connectivity index (χ1v) is 4.38. The third-order valence-electron chi connectivity index (χ3n) is 0.909. The summed E-state index contributed by atoms with van der Waals surface area (Å²) >= 11 is 5.86. The summed E-state index contributed by atoms with van der Waals surface area (Å²) in [5.74, 6) is 2.00. The summed E-state index contributed by atoms with van der Waals surface area (Å²) in [6.45, 7) is 0. The minimum Gasteiger partial charge on any atom is -0.299 e. The van der Waals surface area contributed by atoms with Gasteiger partial charge in [-0.15, -0.1) is 0 Å². The number of aromatic nitrogens is 1. The van der Waals surface area contributed by atoms with E-state index in [2.05, 4.69) is 16.6 Å². The number of rotatable bonds is 3. The topological polar surface area (TPSA) is 4.93 Å². The highest BCUT2D eigenvalue weighted by atomic mass is 32.2. The smallest absolute Gasteiger partial charge is 0.0226 e. The molecule has 50 valence electrons. The fourth-order valence-electron chi connectivity index (χ4n) is 0.551. The molecule has 0 aliphatic carbocycles. The van der Waals surface area contributed by atoms with Gasteiger partial charge in [0.05, 0.1) is 0 Å². The van der Waals surface area contributed by atoms with Gasteiger partial charge < -0.3 is 0 Å². The van der Waals surface area contributed by atoms with Crippen molar-refractivity contribution in [3.05, 3.63) is 24.5 Å². The molecule has 1 aromatic heterocycles. The summed E-state index contributed by atoms with van der Waals surface area (Å²) in [7, 11) is 0. The Morgan fingerprint density at radius 1 is 1.33 bits per heavy atom. The van der Waals surface area contributed by atoms with Crippen LogP contribution >= 0.6 is 24.6 Å². The molecule has 0 bridgehead atoms. The summed E-state index contributed by atoms with van der Waals surface area (Å²) in [5.41, 5.74) is 0. The largest absolute Gasteiger partial charge is 0.299 e. The van der Waals surface area contributed by atoms with Crippen LogP contribution in [-0.2, 0) is 0 Å². The van der Waals surface area contributed by atoms with Crippen molar-refractivity contribution in [2.75, 3.05) is 11.5 Å². The molecule has 0 unspecified atom stereocenters. The van der Waals surface area contributed by atoms with Crippen molar-refractivity contribution in [2.45, 2.75) is 0 Å². The summed E-state index contributed by atoms with van der Waals surface area (Å²) in [5, 5.41) is 0. The third kappa shape index (κ3) is 2.37. The van der Waals surface area contributed by atoms with Gasteiger partial charge in [-0.3, -0.25) is 3.97 Å². The van der Waals surface area contributed by atoms with Crippen molar-refractivity contribution >= 4 is 24.6 Å². The Hall–Kier alpha value is -0.0200. The second-order valence-electron chi connectivity index (χ2n) is 1.60. The van der Waals surface area contributed by atoms with E-state index >= 15 is 0 Å². The maximum atomic E-state index is 4.10. The van der Waals surface area contributed by atoms with Crippen LogP contribution in [0, 0.1) is 0 Å². The average molecular weight is 159 g/mol. The Morgan fingerprint density at radius 3 is 2.56 bits per heavy atom. The van der Waals surface area contributed by atoms with Crippen LogP contribution in [0.1, 0.15) is 0 Å². The molecule has 0 amide bonds. The zero-order valence-corrected chi connectivity index (χ0v) is 6.74. The highest BCUT2D eigenvalue weighted by Crippen LogP contribution is 2.05. The van der Waals surface area contributed by atoms with Gasteiger partial charge in [-0.25, -0.2) is 0 Å². The van der Waals surface area contributed by atoms with Crippen molar-refractivity contribution in [1.29, 1.82) is 0 Å². The first-order valence-electron chi connectivity index (χ1n) is 2.80. The van der Waals surface area contributed by atoms with Crippen LogP contribution in [0.4, 0.5) is 0 Å². The Balaban J connectivity index is 2.30. The van der Waals surface area contributed by atoms with E-state index in [1.165, 1.54) is 0 Å². The van der Waals surface area contributed by atoms with E-state index in [1.807, 2.05) is 24.5 Å². The maximum absolute atomic E-state index is 4.10. The lowest BCUT2D eigenvalue weighted by molar-refractivity contribution is 1.28. The number of thiol groups is 1. The molecule has 0 atom stereocenters. The maximum Gasteiger partial charge on any atom is 0.0226 e. The molecule has 1 heterocycles. The fourth-order valence-corrected chi connectivity index (χ4v) is 1.40. The predicted molar refractivity (Wildman–Crippen MR) is 46.1 cm³/mol. The summed E-state index contributed by atoms with van der Waals surface area (Å²) in [6, 6.07) is 4.04. The molecular formula is C6H9NS2. The van der Waals surface area contributed by atoms with Crippen molar-refractivity contribution in [2.24, 2.45) is 0 Å². The van der Waals surface area contributed by atoms with Gasteiger partial charge in [0, 0.05) is 23.9 Å². The van der Waals surface area contributed by atoms with E-state index in [-0.39, 0.29) is 0 Å². The molecule has 0 N–H and O–H groups in total. The molecule has 0 aliphatic rings. The zero-order valence-electron chi connectivity index (χ0n) is 5.03. The molecule has 0 fully saturated rings. The molecule has 1 aromatic rings. The number of nitrogens with zero attached hydrogens (tertiary/aromatic N) is 1. The quantitative estimate of drug-likeness (QED) is 0.660.